The molecule has 0 bridgehead atoms. The quantitative estimate of drug-likeness (QED) is 0.652. The molecule has 6 heteroatoms. The number of rotatable bonds is 5. The molecule has 0 saturated carbocycles. The Morgan fingerprint density at radius 2 is 2.44 bits per heavy atom. The number of piperidine rings is 1. The van der Waals surface area contributed by atoms with Gasteiger partial charge in [0.1, 0.15) is 6.04 Å². The molecule has 0 radical (unpaired) electrons. The number of carboxylic acid groups (broad SMARTS) is 1. The second-order valence-corrected chi connectivity index (χ2v) is 4.02. The summed E-state index contributed by atoms with van der Waals surface area (Å²) in [6.07, 6.45) is 1.14. The van der Waals surface area contributed by atoms with Gasteiger partial charge in [0.05, 0.1) is 6.61 Å². The van der Waals surface area contributed by atoms with Crippen LogP contribution in [0.15, 0.2) is 0 Å². The SMILES string of the molecule is COCC(NC1CCC(=O)N(C)C1)C(=O)O. The van der Waals surface area contributed by atoms with E-state index in [9.17, 15) is 9.59 Å². The molecule has 0 aromatic carbocycles. The number of carbonyl (C=O) groups is 2. The van der Waals surface area contributed by atoms with Crippen molar-refractivity contribution in [3.63, 3.8) is 0 Å². The molecule has 1 saturated heterocycles. The summed E-state index contributed by atoms with van der Waals surface area (Å²) in [6.45, 7) is 0.676. The minimum Gasteiger partial charge on any atom is -0.480 e. The van der Waals surface area contributed by atoms with E-state index < -0.39 is 12.0 Å². The van der Waals surface area contributed by atoms with Gasteiger partial charge in [0, 0.05) is 33.2 Å². The van der Waals surface area contributed by atoms with E-state index in [1.165, 1.54) is 7.11 Å². The number of hydrogen-bond donors (Lipinski definition) is 2. The molecule has 0 aliphatic carbocycles. The molecule has 1 rings (SSSR count). The third-order valence-electron chi connectivity index (χ3n) is 2.69. The van der Waals surface area contributed by atoms with Gasteiger partial charge in [-0.3, -0.25) is 14.9 Å². The Hall–Kier alpha value is -1.14. The molecule has 0 aromatic heterocycles. The molecule has 16 heavy (non-hydrogen) atoms. The number of carboxylic acids is 1. The van der Waals surface area contributed by atoms with Crippen LogP contribution >= 0.6 is 0 Å². The average molecular weight is 230 g/mol. The van der Waals surface area contributed by atoms with E-state index in [-0.39, 0.29) is 18.6 Å². The van der Waals surface area contributed by atoms with Crippen molar-refractivity contribution < 1.29 is 19.4 Å². The topological polar surface area (TPSA) is 78.9 Å². The van der Waals surface area contributed by atoms with Gasteiger partial charge in [-0.15, -0.1) is 0 Å². The van der Waals surface area contributed by atoms with Crippen molar-refractivity contribution >= 4 is 11.9 Å². The highest BCUT2D eigenvalue weighted by atomic mass is 16.5. The fraction of sp³-hybridized carbons (Fsp3) is 0.800. The van der Waals surface area contributed by atoms with Crippen LogP contribution < -0.4 is 5.32 Å². The second-order valence-electron chi connectivity index (χ2n) is 4.02. The van der Waals surface area contributed by atoms with Crippen molar-refractivity contribution in [2.24, 2.45) is 0 Å². The molecule has 92 valence electrons. The predicted octanol–water partition coefficient (Wildman–Crippen LogP) is -0.704. The molecule has 0 aromatic rings. The third-order valence-corrected chi connectivity index (χ3v) is 2.69. The fourth-order valence-electron chi connectivity index (χ4n) is 1.79. The van der Waals surface area contributed by atoms with E-state index in [4.69, 9.17) is 9.84 Å². The molecule has 1 aliphatic heterocycles. The van der Waals surface area contributed by atoms with Gasteiger partial charge in [-0.05, 0) is 6.42 Å². The van der Waals surface area contributed by atoms with Crippen molar-refractivity contribution in [2.45, 2.75) is 24.9 Å². The van der Waals surface area contributed by atoms with Crippen LogP contribution in [0.4, 0.5) is 0 Å². The van der Waals surface area contributed by atoms with Crippen molar-refractivity contribution in [1.29, 1.82) is 0 Å². The summed E-state index contributed by atoms with van der Waals surface area (Å²) in [5.74, 6) is -0.821. The van der Waals surface area contributed by atoms with E-state index in [1.54, 1.807) is 11.9 Å². The van der Waals surface area contributed by atoms with Crippen LogP contribution in [0.5, 0.6) is 0 Å². The summed E-state index contributed by atoms with van der Waals surface area (Å²) in [7, 11) is 3.19. The zero-order chi connectivity index (χ0) is 12.1. The Labute approximate surface area is 94.6 Å². The van der Waals surface area contributed by atoms with Gasteiger partial charge < -0.3 is 14.7 Å². The minimum absolute atomic E-state index is 0.0268. The lowest BCUT2D eigenvalue weighted by molar-refractivity contribution is -0.141. The van der Waals surface area contributed by atoms with Crippen LogP contribution in [0.3, 0.4) is 0 Å². The Balaban J connectivity index is 2.46. The number of aliphatic carboxylic acids is 1. The monoisotopic (exact) mass is 230 g/mol. The number of likely N-dealkylation sites (N-methyl/N-ethyl adjacent to an activating group) is 1. The average Bonchev–Trinajstić information content (AvgIpc) is 2.22. The van der Waals surface area contributed by atoms with Gasteiger partial charge in [-0.1, -0.05) is 0 Å². The summed E-state index contributed by atoms with van der Waals surface area (Å²) in [5.41, 5.74) is 0. The van der Waals surface area contributed by atoms with Gasteiger partial charge in [-0.25, -0.2) is 0 Å². The van der Waals surface area contributed by atoms with Crippen molar-refractivity contribution in [2.75, 3.05) is 27.3 Å². The molecule has 1 amide bonds. The molecule has 1 fully saturated rings. The molecule has 1 heterocycles. The van der Waals surface area contributed by atoms with Gasteiger partial charge in [0.2, 0.25) is 5.91 Å². The standard InChI is InChI=1S/C10H18N2O4/c1-12-5-7(3-4-9(12)13)11-8(6-16-2)10(14)15/h7-8,11H,3-6H2,1-2H3,(H,14,15). The molecule has 6 nitrogen and oxygen atoms in total. The summed E-state index contributed by atoms with van der Waals surface area (Å²) < 4.78 is 4.83. The number of nitrogens with zero attached hydrogens (tertiary/aromatic N) is 1. The van der Waals surface area contributed by atoms with E-state index in [0.29, 0.717) is 19.4 Å². The highest BCUT2D eigenvalue weighted by Gasteiger charge is 2.27. The molecule has 2 atom stereocenters. The van der Waals surface area contributed by atoms with Crippen molar-refractivity contribution in [1.82, 2.24) is 10.2 Å². The van der Waals surface area contributed by atoms with E-state index >= 15 is 0 Å². The van der Waals surface area contributed by atoms with Crippen LogP contribution in [0.1, 0.15) is 12.8 Å². The third kappa shape index (κ3) is 3.46. The molecular weight excluding hydrogens is 212 g/mol. The maximum absolute atomic E-state index is 11.2. The van der Waals surface area contributed by atoms with E-state index in [0.717, 1.165) is 0 Å². The lowest BCUT2D eigenvalue weighted by atomic mass is 10.0. The highest BCUT2D eigenvalue weighted by Crippen LogP contribution is 2.10. The maximum atomic E-state index is 11.2. The Morgan fingerprint density at radius 1 is 1.75 bits per heavy atom. The van der Waals surface area contributed by atoms with Crippen LogP contribution in [-0.4, -0.2) is 61.3 Å². The lowest BCUT2D eigenvalue weighted by Gasteiger charge is -2.31. The largest absolute Gasteiger partial charge is 0.480 e. The van der Waals surface area contributed by atoms with Crippen LogP contribution in [0.2, 0.25) is 0 Å². The van der Waals surface area contributed by atoms with Gasteiger partial charge in [0.25, 0.3) is 0 Å². The molecular formula is C10H18N2O4. The first-order chi connectivity index (χ1) is 7.54. The van der Waals surface area contributed by atoms with E-state index in [2.05, 4.69) is 5.32 Å². The van der Waals surface area contributed by atoms with Gasteiger partial charge in [0.15, 0.2) is 0 Å². The summed E-state index contributed by atoms with van der Waals surface area (Å²) >= 11 is 0. The fourth-order valence-corrected chi connectivity index (χ4v) is 1.79. The lowest BCUT2D eigenvalue weighted by Crippen LogP contribution is -2.53. The first kappa shape index (κ1) is 12.9. The molecule has 2 N–H and O–H groups in total. The highest BCUT2D eigenvalue weighted by molar-refractivity contribution is 5.77. The molecule has 2 unspecified atom stereocenters. The molecule has 1 aliphatic rings. The van der Waals surface area contributed by atoms with Crippen molar-refractivity contribution in [3.8, 4) is 0 Å². The zero-order valence-corrected chi connectivity index (χ0v) is 9.60. The summed E-state index contributed by atoms with van der Waals surface area (Å²) in [5, 5.41) is 11.9. The number of methoxy groups -OCH3 is 1. The number of ether oxygens (including phenoxy) is 1. The minimum atomic E-state index is -0.929. The molecule has 0 spiro atoms. The first-order valence-electron chi connectivity index (χ1n) is 5.26. The van der Waals surface area contributed by atoms with Crippen LogP contribution in [0.25, 0.3) is 0 Å². The summed E-state index contributed by atoms with van der Waals surface area (Å²) in [4.78, 5) is 23.7. The number of nitrogens with one attached hydrogen (secondary N) is 1. The zero-order valence-electron chi connectivity index (χ0n) is 9.60. The van der Waals surface area contributed by atoms with Crippen LogP contribution in [0, 0.1) is 0 Å². The number of hydrogen-bond acceptors (Lipinski definition) is 4. The Morgan fingerprint density at radius 3 is 2.94 bits per heavy atom. The predicted molar refractivity (Wildman–Crippen MR) is 57.1 cm³/mol. The van der Waals surface area contributed by atoms with E-state index in [1.807, 2.05) is 0 Å². The first-order valence-corrected chi connectivity index (χ1v) is 5.26. The van der Waals surface area contributed by atoms with Crippen molar-refractivity contribution in [3.05, 3.63) is 0 Å². The Bertz CT molecular complexity index is 270. The normalized spacial score (nSPS) is 23.2. The van der Waals surface area contributed by atoms with Crippen LogP contribution in [-0.2, 0) is 14.3 Å². The maximum Gasteiger partial charge on any atom is 0.323 e. The number of carbonyl (C=O) groups excluding carboxylic acids is 1. The Kier molecular flexibility index (Phi) is 4.70. The number of likely N-dealkylation sites (tertiary alicyclic amines) is 1. The second kappa shape index (κ2) is 5.81. The van der Waals surface area contributed by atoms with Gasteiger partial charge in [-0.2, -0.15) is 0 Å². The van der Waals surface area contributed by atoms with Gasteiger partial charge >= 0.3 is 5.97 Å². The smallest absolute Gasteiger partial charge is 0.323 e. The number of amides is 1. The summed E-state index contributed by atoms with van der Waals surface area (Å²) in [6, 6.07) is -0.685.